The quantitative estimate of drug-likeness (QED) is 0.877. The van der Waals surface area contributed by atoms with Crippen LogP contribution in [0.15, 0.2) is 28.7 Å². The zero-order valence-corrected chi connectivity index (χ0v) is 14.1. The number of halogens is 1. The molecular formula is C15H23BrN2O2. The van der Waals surface area contributed by atoms with Crippen LogP contribution in [0.5, 0.6) is 0 Å². The number of hydrogen-bond donors (Lipinski definition) is 1. The number of rotatable bonds is 5. The third kappa shape index (κ3) is 4.71. The Morgan fingerprint density at radius 1 is 1.20 bits per heavy atom. The molecule has 0 radical (unpaired) electrons. The molecule has 20 heavy (non-hydrogen) atoms. The molecule has 1 rings (SSSR count). The van der Waals surface area contributed by atoms with Crippen LogP contribution in [0.25, 0.3) is 0 Å². The largest absolute Gasteiger partial charge is 0.465 e. The molecule has 0 heterocycles. The van der Waals surface area contributed by atoms with Gasteiger partial charge in [0.2, 0.25) is 0 Å². The van der Waals surface area contributed by atoms with Crippen molar-refractivity contribution in [2.75, 3.05) is 24.5 Å². The monoisotopic (exact) mass is 342 g/mol. The van der Waals surface area contributed by atoms with Crippen LogP contribution in [-0.4, -0.2) is 41.3 Å². The van der Waals surface area contributed by atoms with Gasteiger partial charge < -0.3 is 14.9 Å². The van der Waals surface area contributed by atoms with E-state index in [0.29, 0.717) is 13.1 Å². The minimum atomic E-state index is -0.871. The zero-order chi connectivity index (χ0) is 15.3. The van der Waals surface area contributed by atoms with Gasteiger partial charge in [0, 0.05) is 35.3 Å². The number of carbonyl (C=O) groups is 1. The molecule has 0 bridgehead atoms. The molecule has 5 heteroatoms. The Morgan fingerprint density at radius 3 is 2.15 bits per heavy atom. The molecular weight excluding hydrogens is 320 g/mol. The lowest BCUT2D eigenvalue weighted by Gasteiger charge is -2.35. The Balaban J connectivity index is 2.74. The molecule has 0 aliphatic carbocycles. The van der Waals surface area contributed by atoms with E-state index in [1.807, 2.05) is 45.0 Å². The second kappa shape index (κ2) is 6.97. The van der Waals surface area contributed by atoms with Gasteiger partial charge in [-0.15, -0.1) is 0 Å². The van der Waals surface area contributed by atoms with Crippen molar-refractivity contribution in [1.29, 1.82) is 0 Å². The van der Waals surface area contributed by atoms with E-state index in [9.17, 15) is 9.90 Å². The fourth-order valence-electron chi connectivity index (χ4n) is 2.06. The highest BCUT2D eigenvalue weighted by Crippen LogP contribution is 2.19. The second-order valence-corrected chi connectivity index (χ2v) is 6.58. The van der Waals surface area contributed by atoms with E-state index in [1.165, 1.54) is 4.90 Å². The maximum Gasteiger partial charge on any atom is 0.407 e. The number of hydrogen-bond acceptors (Lipinski definition) is 2. The third-order valence-corrected chi connectivity index (χ3v) is 3.74. The fourth-order valence-corrected chi connectivity index (χ4v) is 2.32. The van der Waals surface area contributed by atoms with Crippen molar-refractivity contribution < 1.29 is 9.90 Å². The summed E-state index contributed by atoms with van der Waals surface area (Å²) in [6.07, 6.45) is -0.871. The molecule has 0 fully saturated rings. The van der Waals surface area contributed by atoms with E-state index < -0.39 is 6.09 Å². The Hall–Kier alpha value is -1.23. The molecule has 1 amide bonds. The van der Waals surface area contributed by atoms with Crippen LogP contribution < -0.4 is 4.90 Å². The minimum Gasteiger partial charge on any atom is -0.465 e. The first-order chi connectivity index (χ1) is 9.25. The summed E-state index contributed by atoms with van der Waals surface area (Å²) in [5.74, 6) is 0. The number of amides is 1. The van der Waals surface area contributed by atoms with Crippen LogP contribution in [0.2, 0.25) is 0 Å². The summed E-state index contributed by atoms with van der Waals surface area (Å²) in [6.45, 7) is 9.83. The molecule has 0 saturated carbocycles. The topological polar surface area (TPSA) is 43.8 Å². The zero-order valence-electron chi connectivity index (χ0n) is 12.6. The van der Waals surface area contributed by atoms with Crippen LogP contribution in [0.4, 0.5) is 10.5 Å². The number of nitrogens with zero attached hydrogens (tertiary/aromatic N) is 2. The highest BCUT2D eigenvalue weighted by Gasteiger charge is 2.26. The molecule has 0 unspecified atom stereocenters. The smallest absolute Gasteiger partial charge is 0.407 e. The van der Waals surface area contributed by atoms with Crippen molar-refractivity contribution in [2.45, 2.75) is 33.2 Å². The molecule has 112 valence electrons. The van der Waals surface area contributed by atoms with E-state index in [-0.39, 0.29) is 5.54 Å². The average Bonchev–Trinajstić information content (AvgIpc) is 2.34. The van der Waals surface area contributed by atoms with Gasteiger partial charge in [-0.05, 0) is 52.0 Å². The first-order valence-corrected chi connectivity index (χ1v) is 7.56. The molecule has 1 aromatic carbocycles. The Bertz CT molecular complexity index is 440. The van der Waals surface area contributed by atoms with Crippen LogP contribution in [0.3, 0.4) is 0 Å². The van der Waals surface area contributed by atoms with Gasteiger partial charge in [0.1, 0.15) is 0 Å². The molecule has 0 aromatic heterocycles. The number of carboxylic acid groups (broad SMARTS) is 1. The van der Waals surface area contributed by atoms with Crippen molar-refractivity contribution in [3.05, 3.63) is 28.7 Å². The van der Waals surface area contributed by atoms with Crippen molar-refractivity contribution in [3.8, 4) is 0 Å². The predicted octanol–water partition coefficient (Wildman–Crippen LogP) is 4.05. The van der Waals surface area contributed by atoms with E-state index in [4.69, 9.17) is 0 Å². The van der Waals surface area contributed by atoms with E-state index >= 15 is 0 Å². The summed E-state index contributed by atoms with van der Waals surface area (Å²) in [4.78, 5) is 15.0. The van der Waals surface area contributed by atoms with Gasteiger partial charge in [-0.25, -0.2) is 4.79 Å². The Kier molecular flexibility index (Phi) is 5.87. The van der Waals surface area contributed by atoms with E-state index in [2.05, 4.69) is 27.8 Å². The van der Waals surface area contributed by atoms with Crippen molar-refractivity contribution in [2.24, 2.45) is 0 Å². The number of anilines is 1. The van der Waals surface area contributed by atoms with Crippen molar-refractivity contribution in [3.63, 3.8) is 0 Å². The third-order valence-electron chi connectivity index (χ3n) is 3.21. The normalized spacial score (nSPS) is 11.2. The molecule has 1 aromatic rings. The number of likely N-dealkylation sites (N-methyl/N-ethyl adjacent to an activating group) is 1. The maximum absolute atomic E-state index is 11.3. The first kappa shape index (κ1) is 16.8. The maximum atomic E-state index is 11.3. The highest BCUT2D eigenvalue weighted by atomic mass is 79.9. The molecule has 0 aliphatic rings. The molecule has 0 saturated heterocycles. The van der Waals surface area contributed by atoms with Crippen LogP contribution in [-0.2, 0) is 0 Å². The van der Waals surface area contributed by atoms with E-state index in [1.54, 1.807) is 0 Å². The molecule has 1 N–H and O–H groups in total. The summed E-state index contributed by atoms with van der Waals surface area (Å²) in [5, 5.41) is 9.30. The predicted molar refractivity (Wildman–Crippen MR) is 86.5 cm³/mol. The summed E-state index contributed by atoms with van der Waals surface area (Å²) in [6, 6.07) is 8.07. The summed E-state index contributed by atoms with van der Waals surface area (Å²) in [7, 11) is 0. The second-order valence-electron chi connectivity index (χ2n) is 5.66. The summed E-state index contributed by atoms with van der Waals surface area (Å²) < 4.78 is 1.04. The van der Waals surface area contributed by atoms with Crippen LogP contribution >= 0.6 is 15.9 Å². The summed E-state index contributed by atoms with van der Waals surface area (Å²) in [5.41, 5.74) is 0.722. The van der Waals surface area contributed by atoms with Gasteiger partial charge in [-0.1, -0.05) is 15.9 Å². The Morgan fingerprint density at radius 2 is 1.75 bits per heavy atom. The van der Waals surface area contributed by atoms with Gasteiger partial charge in [-0.3, -0.25) is 0 Å². The molecule has 4 nitrogen and oxygen atoms in total. The van der Waals surface area contributed by atoms with Gasteiger partial charge in [0.05, 0.1) is 0 Å². The molecule has 0 atom stereocenters. The lowest BCUT2D eigenvalue weighted by atomic mass is 10.1. The number of benzene rings is 1. The highest BCUT2D eigenvalue weighted by molar-refractivity contribution is 9.10. The lowest BCUT2D eigenvalue weighted by Crippen LogP contribution is -2.48. The van der Waals surface area contributed by atoms with Crippen molar-refractivity contribution >= 4 is 27.7 Å². The van der Waals surface area contributed by atoms with Gasteiger partial charge >= 0.3 is 6.09 Å². The van der Waals surface area contributed by atoms with Crippen LogP contribution in [0.1, 0.15) is 27.7 Å². The standard InChI is InChI=1S/C15H23BrN2O2/c1-5-17(13-8-6-12(16)7-9-13)10-11-18(14(19)20)15(2,3)4/h6-9H,5,10-11H2,1-4H3,(H,19,20). The van der Waals surface area contributed by atoms with Gasteiger partial charge in [0.15, 0.2) is 0 Å². The van der Waals surface area contributed by atoms with Crippen molar-refractivity contribution in [1.82, 2.24) is 4.90 Å². The SMILES string of the molecule is CCN(CCN(C(=O)O)C(C)(C)C)c1ccc(Br)cc1. The fraction of sp³-hybridized carbons (Fsp3) is 0.533. The average molecular weight is 343 g/mol. The van der Waals surface area contributed by atoms with Gasteiger partial charge in [0.25, 0.3) is 0 Å². The lowest BCUT2D eigenvalue weighted by molar-refractivity contribution is 0.102. The molecule has 0 aliphatic heterocycles. The first-order valence-electron chi connectivity index (χ1n) is 6.76. The summed E-state index contributed by atoms with van der Waals surface area (Å²) >= 11 is 3.42. The van der Waals surface area contributed by atoms with E-state index in [0.717, 1.165) is 16.7 Å². The van der Waals surface area contributed by atoms with Gasteiger partial charge in [-0.2, -0.15) is 0 Å². The Labute approximate surface area is 129 Å². The minimum absolute atomic E-state index is 0.384. The molecule has 0 spiro atoms. The van der Waals surface area contributed by atoms with Crippen LogP contribution in [0, 0.1) is 0 Å².